The molecule has 0 bridgehead atoms. The summed E-state index contributed by atoms with van der Waals surface area (Å²) in [6.45, 7) is 5.53. The number of halogens is 2. The molecule has 2 aromatic rings. The van der Waals surface area contributed by atoms with Crippen molar-refractivity contribution in [3.63, 3.8) is 0 Å². The standard InChI is InChI=1S/C25H34F2N2O2/c1-4-5-9-19(2)28(3)18-31-24-21(16-30)14-20(22-10-6-7-11-23(22)24)15-29-13-8-12-25(26,27)17-29/h6-7,10-11,14,16,19H,4-5,8-9,12-13,15,17-18H2,1-3H3. The average molecular weight is 433 g/mol. The minimum absolute atomic E-state index is 0.0548. The molecule has 1 aliphatic heterocycles. The molecule has 2 aromatic carbocycles. The zero-order chi connectivity index (χ0) is 22.4. The first kappa shape index (κ1) is 23.6. The van der Waals surface area contributed by atoms with E-state index in [0.717, 1.165) is 41.9 Å². The quantitative estimate of drug-likeness (QED) is 0.355. The first-order chi connectivity index (χ1) is 14.8. The van der Waals surface area contributed by atoms with Crippen LogP contribution in [0.5, 0.6) is 5.75 Å². The van der Waals surface area contributed by atoms with E-state index >= 15 is 0 Å². The second kappa shape index (κ2) is 10.5. The van der Waals surface area contributed by atoms with E-state index in [-0.39, 0.29) is 13.0 Å². The first-order valence-corrected chi connectivity index (χ1v) is 11.3. The predicted molar refractivity (Wildman–Crippen MR) is 121 cm³/mol. The highest BCUT2D eigenvalue weighted by atomic mass is 19.3. The predicted octanol–water partition coefficient (Wildman–Crippen LogP) is 5.73. The zero-order valence-electron chi connectivity index (χ0n) is 18.9. The van der Waals surface area contributed by atoms with Crippen molar-refractivity contribution in [3.8, 4) is 5.75 Å². The number of piperidine rings is 1. The minimum atomic E-state index is -2.65. The van der Waals surface area contributed by atoms with Crippen LogP contribution in [0.15, 0.2) is 30.3 Å². The summed E-state index contributed by atoms with van der Waals surface area (Å²) in [4.78, 5) is 15.8. The number of nitrogens with zero attached hydrogens (tertiary/aromatic N) is 2. The van der Waals surface area contributed by atoms with E-state index in [1.807, 2.05) is 31.3 Å². The SMILES string of the molecule is CCCCC(C)N(C)COc1c(C=O)cc(CN2CCCC(F)(F)C2)c2ccccc12. The number of hydrogen-bond donors (Lipinski definition) is 0. The molecule has 0 spiro atoms. The van der Waals surface area contributed by atoms with Crippen LogP contribution < -0.4 is 4.74 Å². The molecule has 0 radical (unpaired) electrons. The lowest BCUT2D eigenvalue weighted by molar-refractivity contribution is -0.0660. The molecule has 1 fully saturated rings. The maximum atomic E-state index is 13.9. The van der Waals surface area contributed by atoms with Gasteiger partial charge in [0.15, 0.2) is 6.29 Å². The summed E-state index contributed by atoms with van der Waals surface area (Å²) in [6, 6.07) is 9.94. The van der Waals surface area contributed by atoms with E-state index in [1.54, 1.807) is 11.0 Å². The number of carbonyl (C=O) groups excluding carboxylic acids is 1. The van der Waals surface area contributed by atoms with Crippen molar-refractivity contribution < 1.29 is 18.3 Å². The van der Waals surface area contributed by atoms with Crippen LogP contribution in [0, 0.1) is 0 Å². The van der Waals surface area contributed by atoms with Gasteiger partial charge in [0.2, 0.25) is 0 Å². The van der Waals surface area contributed by atoms with Crippen LogP contribution in [-0.2, 0) is 6.54 Å². The number of alkyl halides is 2. The number of fused-ring (bicyclic) bond motifs is 1. The van der Waals surface area contributed by atoms with Gasteiger partial charge in [-0.15, -0.1) is 0 Å². The number of carbonyl (C=O) groups is 1. The monoisotopic (exact) mass is 432 g/mol. The Labute approximate surface area is 184 Å². The molecular weight excluding hydrogens is 398 g/mol. The normalized spacial score (nSPS) is 17.7. The van der Waals surface area contributed by atoms with Crippen LogP contribution in [0.2, 0.25) is 0 Å². The molecule has 1 unspecified atom stereocenters. The maximum absolute atomic E-state index is 13.9. The van der Waals surface area contributed by atoms with Gasteiger partial charge in [0.1, 0.15) is 12.5 Å². The summed E-state index contributed by atoms with van der Waals surface area (Å²) in [6.07, 6.45) is 4.64. The molecule has 31 heavy (non-hydrogen) atoms. The van der Waals surface area contributed by atoms with Gasteiger partial charge in [0.05, 0.1) is 12.1 Å². The van der Waals surface area contributed by atoms with Crippen LogP contribution in [0.3, 0.4) is 0 Å². The highest BCUT2D eigenvalue weighted by Gasteiger charge is 2.35. The van der Waals surface area contributed by atoms with Gasteiger partial charge in [-0.05, 0) is 50.4 Å². The molecule has 0 aliphatic carbocycles. The number of hydrogen-bond acceptors (Lipinski definition) is 4. The fourth-order valence-electron chi connectivity index (χ4n) is 4.26. The summed E-state index contributed by atoms with van der Waals surface area (Å²) in [7, 11) is 2.02. The van der Waals surface area contributed by atoms with Gasteiger partial charge in [-0.1, -0.05) is 44.0 Å². The third-order valence-corrected chi connectivity index (χ3v) is 6.24. The minimum Gasteiger partial charge on any atom is -0.477 e. The van der Waals surface area contributed by atoms with Gasteiger partial charge in [0, 0.05) is 24.4 Å². The smallest absolute Gasteiger partial charge is 0.260 e. The van der Waals surface area contributed by atoms with Crippen molar-refractivity contribution in [3.05, 3.63) is 41.5 Å². The number of ether oxygens (including phenoxy) is 1. The Balaban J connectivity index is 1.85. The maximum Gasteiger partial charge on any atom is 0.260 e. The van der Waals surface area contributed by atoms with E-state index in [4.69, 9.17) is 4.74 Å². The topological polar surface area (TPSA) is 32.8 Å². The Bertz CT molecular complexity index is 887. The van der Waals surface area contributed by atoms with Gasteiger partial charge in [-0.2, -0.15) is 0 Å². The number of rotatable bonds is 10. The lowest BCUT2D eigenvalue weighted by Gasteiger charge is -2.32. The largest absolute Gasteiger partial charge is 0.477 e. The van der Waals surface area contributed by atoms with E-state index < -0.39 is 5.92 Å². The highest BCUT2D eigenvalue weighted by molar-refractivity contribution is 5.98. The lowest BCUT2D eigenvalue weighted by Crippen LogP contribution is -2.42. The number of benzene rings is 2. The second-order valence-electron chi connectivity index (χ2n) is 8.81. The molecule has 3 rings (SSSR count). The van der Waals surface area contributed by atoms with Gasteiger partial charge >= 0.3 is 0 Å². The lowest BCUT2D eigenvalue weighted by atomic mass is 9.98. The molecule has 170 valence electrons. The van der Waals surface area contributed by atoms with Gasteiger partial charge < -0.3 is 4.74 Å². The average Bonchev–Trinajstić information content (AvgIpc) is 2.75. The summed E-state index contributed by atoms with van der Waals surface area (Å²) >= 11 is 0. The van der Waals surface area contributed by atoms with Crippen LogP contribution in [0.4, 0.5) is 8.78 Å². The molecule has 1 saturated heterocycles. The van der Waals surface area contributed by atoms with Crippen molar-refractivity contribution in [2.45, 2.75) is 64.5 Å². The van der Waals surface area contributed by atoms with E-state index in [1.165, 1.54) is 0 Å². The van der Waals surface area contributed by atoms with Crippen molar-refractivity contribution in [2.75, 3.05) is 26.9 Å². The highest BCUT2D eigenvalue weighted by Crippen LogP contribution is 2.34. The summed E-state index contributed by atoms with van der Waals surface area (Å²) in [5, 5.41) is 1.79. The number of likely N-dealkylation sites (tertiary alicyclic amines) is 1. The molecule has 0 N–H and O–H groups in total. The number of aldehydes is 1. The fraction of sp³-hybridized carbons (Fsp3) is 0.560. The second-order valence-corrected chi connectivity index (χ2v) is 8.81. The molecule has 1 aliphatic rings. The molecule has 6 heteroatoms. The van der Waals surface area contributed by atoms with Gasteiger partial charge in [0.25, 0.3) is 5.92 Å². The third kappa shape index (κ3) is 6.01. The molecule has 4 nitrogen and oxygen atoms in total. The Morgan fingerprint density at radius 2 is 2.03 bits per heavy atom. The third-order valence-electron chi connectivity index (χ3n) is 6.24. The molecular formula is C25H34F2N2O2. The first-order valence-electron chi connectivity index (χ1n) is 11.3. The van der Waals surface area contributed by atoms with Crippen molar-refractivity contribution >= 4 is 17.1 Å². The van der Waals surface area contributed by atoms with Crippen LogP contribution in [0.1, 0.15) is 61.9 Å². The molecule has 0 amide bonds. The zero-order valence-corrected chi connectivity index (χ0v) is 18.9. The van der Waals surface area contributed by atoms with E-state index in [0.29, 0.717) is 43.6 Å². The fourth-order valence-corrected chi connectivity index (χ4v) is 4.26. The Hall–Kier alpha value is -2.05. The van der Waals surface area contributed by atoms with Gasteiger partial charge in [-0.25, -0.2) is 8.78 Å². The summed E-state index contributed by atoms with van der Waals surface area (Å²) in [5.74, 6) is -2.09. The number of unbranched alkanes of at least 4 members (excludes halogenated alkanes) is 1. The Kier molecular flexibility index (Phi) is 8.00. The Morgan fingerprint density at radius 1 is 1.29 bits per heavy atom. The summed E-state index contributed by atoms with van der Waals surface area (Å²) in [5.41, 5.74) is 1.35. The Morgan fingerprint density at radius 3 is 2.71 bits per heavy atom. The molecule has 1 atom stereocenters. The van der Waals surface area contributed by atoms with Crippen LogP contribution in [0.25, 0.3) is 10.8 Å². The van der Waals surface area contributed by atoms with Crippen LogP contribution >= 0.6 is 0 Å². The van der Waals surface area contributed by atoms with Crippen molar-refractivity contribution in [1.29, 1.82) is 0 Å². The van der Waals surface area contributed by atoms with Gasteiger partial charge in [-0.3, -0.25) is 14.6 Å². The molecule has 0 aromatic heterocycles. The van der Waals surface area contributed by atoms with E-state index in [2.05, 4.69) is 18.7 Å². The summed E-state index contributed by atoms with van der Waals surface area (Å²) < 4.78 is 33.9. The van der Waals surface area contributed by atoms with E-state index in [9.17, 15) is 13.6 Å². The molecule has 1 heterocycles. The van der Waals surface area contributed by atoms with Crippen molar-refractivity contribution in [2.24, 2.45) is 0 Å². The van der Waals surface area contributed by atoms with Crippen LogP contribution in [-0.4, -0.2) is 54.9 Å². The van der Waals surface area contributed by atoms with Crippen molar-refractivity contribution in [1.82, 2.24) is 9.80 Å². The molecule has 0 saturated carbocycles.